The lowest BCUT2D eigenvalue weighted by Gasteiger charge is -2.20. The number of carbonyl (C=O) groups is 1. The van der Waals surface area contributed by atoms with Crippen LogP contribution in [0.15, 0.2) is 23.1 Å². The second-order valence-electron chi connectivity index (χ2n) is 6.09. The average Bonchev–Trinajstić information content (AvgIpc) is 2.91. The fourth-order valence-electron chi connectivity index (χ4n) is 2.88. The molecule has 6 heteroatoms. The number of carboxylic acids is 1. The molecule has 5 nitrogen and oxygen atoms in total. The standard InChI is InChI=1S/C16H23NO4S/c1-4-12-6-7-14(10-13(12)5-2)22(20,21)17-9-8-16(3,11-17)15(18)19/h6-7,10H,4-5,8-9,11H2,1-3H3,(H,18,19). The van der Waals surface area contributed by atoms with Gasteiger partial charge in [0.15, 0.2) is 0 Å². The molecule has 22 heavy (non-hydrogen) atoms. The third-order valence-corrected chi connectivity index (χ3v) is 6.37. The van der Waals surface area contributed by atoms with Crippen LogP contribution in [0.2, 0.25) is 0 Å². The van der Waals surface area contributed by atoms with Crippen LogP contribution in [-0.2, 0) is 27.7 Å². The van der Waals surface area contributed by atoms with Crippen molar-refractivity contribution in [2.75, 3.05) is 13.1 Å². The Labute approximate surface area is 132 Å². The highest BCUT2D eigenvalue weighted by Crippen LogP contribution is 2.34. The molecule has 0 radical (unpaired) electrons. The van der Waals surface area contributed by atoms with Gasteiger partial charge in [-0.25, -0.2) is 8.42 Å². The molecule has 1 aliphatic heterocycles. The summed E-state index contributed by atoms with van der Waals surface area (Å²) in [5, 5.41) is 9.26. The first kappa shape index (κ1) is 17.0. The Balaban J connectivity index is 2.34. The molecular formula is C16H23NO4S. The fraction of sp³-hybridized carbons (Fsp3) is 0.562. The molecule has 2 rings (SSSR count). The first-order valence-corrected chi connectivity index (χ1v) is 9.04. The second kappa shape index (κ2) is 6.01. The van der Waals surface area contributed by atoms with Crippen molar-refractivity contribution in [1.29, 1.82) is 0 Å². The van der Waals surface area contributed by atoms with Gasteiger partial charge in [0.25, 0.3) is 0 Å². The molecule has 122 valence electrons. The van der Waals surface area contributed by atoms with E-state index in [4.69, 9.17) is 0 Å². The molecule has 0 amide bonds. The molecule has 1 aromatic rings. The summed E-state index contributed by atoms with van der Waals surface area (Å²) in [4.78, 5) is 11.6. The van der Waals surface area contributed by atoms with Gasteiger partial charge in [0.1, 0.15) is 0 Å². The van der Waals surface area contributed by atoms with Crippen molar-refractivity contribution in [3.63, 3.8) is 0 Å². The highest BCUT2D eigenvalue weighted by molar-refractivity contribution is 7.89. The van der Waals surface area contributed by atoms with Crippen molar-refractivity contribution in [1.82, 2.24) is 4.31 Å². The Morgan fingerprint density at radius 1 is 1.27 bits per heavy atom. The molecule has 1 N–H and O–H groups in total. The number of benzene rings is 1. The summed E-state index contributed by atoms with van der Waals surface area (Å²) < 4.78 is 26.8. The maximum atomic E-state index is 12.7. The number of hydrogen-bond acceptors (Lipinski definition) is 3. The molecule has 1 fully saturated rings. The third-order valence-electron chi connectivity index (χ3n) is 4.53. The number of hydrogen-bond donors (Lipinski definition) is 1. The Kier molecular flexibility index (Phi) is 4.63. The Hall–Kier alpha value is -1.40. The van der Waals surface area contributed by atoms with Crippen LogP contribution >= 0.6 is 0 Å². The first-order valence-electron chi connectivity index (χ1n) is 7.60. The quantitative estimate of drug-likeness (QED) is 0.901. The molecule has 1 aromatic carbocycles. The zero-order valence-electron chi connectivity index (χ0n) is 13.3. The first-order chi connectivity index (χ1) is 10.2. The SMILES string of the molecule is CCc1ccc(S(=O)(=O)N2CCC(C)(C(=O)O)C2)cc1CC. The minimum Gasteiger partial charge on any atom is -0.481 e. The second-order valence-corrected chi connectivity index (χ2v) is 8.03. The molecule has 1 aliphatic rings. The Morgan fingerprint density at radius 2 is 1.91 bits per heavy atom. The van der Waals surface area contributed by atoms with E-state index in [0.29, 0.717) is 6.42 Å². The lowest BCUT2D eigenvalue weighted by atomic mass is 9.90. The maximum Gasteiger partial charge on any atom is 0.310 e. The van der Waals surface area contributed by atoms with Gasteiger partial charge in [-0.1, -0.05) is 19.9 Å². The summed E-state index contributed by atoms with van der Waals surface area (Å²) in [5.41, 5.74) is 1.19. The molecule has 0 aromatic heterocycles. The molecule has 0 spiro atoms. The zero-order chi connectivity index (χ0) is 16.5. The minimum absolute atomic E-state index is 0.0294. The van der Waals surface area contributed by atoms with Gasteiger partial charge in [0.2, 0.25) is 10.0 Å². The topological polar surface area (TPSA) is 74.7 Å². The van der Waals surface area contributed by atoms with Crippen LogP contribution in [0, 0.1) is 5.41 Å². The van der Waals surface area contributed by atoms with Crippen LogP contribution in [0.1, 0.15) is 38.3 Å². The van der Waals surface area contributed by atoms with Gasteiger partial charge >= 0.3 is 5.97 Å². The molecule has 1 heterocycles. The normalized spacial score (nSPS) is 22.9. The molecular weight excluding hydrogens is 302 g/mol. The van der Waals surface area contributed by atoms with Crippen molar-refractivity contribution in [3.05, 3.63) is 29.3 Å². The van der Waals surface area contributed by atoms with E-state index in [-0.39, 0.29) is 18.0 Å². The van der Waals surface area contributed by atoms with E-state index in [1.54, 1.807) is 19.1 Å². The molecule has 1 atom stereocenters. The fourth-order valence-corrected chi connectivity index (χ4v) is 4.50. The van der Waals surface area contributed by atoms with Crippen LogP contribution < -0.4 is 0 Å². The summed E-state index contributed by atoms with van der Waals surface area (Å²) in [6.07, 6.45) is 1.99. The number of aliphatic carboxylic acids is 1. The van der Waals surface area contributed by atoms with E-state index in [1.165, 1.54) is 4.31 Å². The number of nitrogens with zero attached hydrogens (tertiary/aromatic N) is 1. The van der Waals surface area contributed by atoms with Gasteiger partial charge in [0, 0.05) is 13.1 Å². The maximum absolute atomic E-state index is 12.7. The molecule has 1 unspecified atom stereocenters. The van der Waals surface area contributed by atoms with Crippen molar-refractivity contribution >= 4 is 16.0 Å². The minimum atomic E-state index is -3.63. The van der Waals surface area contributed by atoms with Crippen molar-refractivity contribution in [2.24, 2.45) is 5.41 Å². The van der Waals surface area contributed by atoms with E-state index >= 15 is 0 Å². The molecule has 1 saturated heterocycles. The van der Waals surface area contributed by atoms with Crippen molar-refractivity contribution in [3.8, 4) is 0 Å². The predicted octanol–water partition coefficient (Wildman–Crippen LogP) is 2.30. The highest BCUT2D eigenvalue weighted by atomic mass is 32.2. The van der Waals surface area contributed by atoms with Gasteiger partial charge in [0.05, 0.1) is 10.3 Å². The Bertz CT molecular complexity index is 683. The smallest absolute Gasteiger partial charge is 0.310 e. The van der Waals surface area contributed by atoms with Crippen LogP contribution in [0.3, 0.4) is 0 Å². The van der Waals surface area contributed by atoms with Crippen LogP contribution in [0.4, 0.5) is 0 Å². The van der Waals surface area contributed by atoms with E-state index in [9.17, 15) is 18.3 Å². The Morgan fingerprint density at radius 3 is 2.41 bits per heavy atom. The summed E-state index contributed by atoms with van der Waals surface area (Å²) in [7, 11) is -3.63. The van der Waals surface area contributed by atoms with Crippen LogP contribution in [0.25, 0.3) is 0 Å². The van der Waals surface area contributed by atoms with Crippen LogP contribution in [-0.4, -0.2) is 36.9 Å². The predicted molar refractivity (Wildman–Crippen MR) is 84.3 cm³/mol. The highest BCUT2D eigenvalue weighted by Gasteiger charge is 2.44. The zero-order valence-corrected chi connectivity index (χ0v) is 14.1. The summed E-state index contributed by atoms with van der Waals surface area (Å²) in [6, 6.07) is 5.21. The monoisotopic (exact) mass is 325 g/mol. The molecule has 0 aliphatic carbocycles. The summed E-state index contributed by atoms with van der Waals surface area (Å²) in [5.74, 6) is -0.944. The van der Waals surface area contributed by atoms with Gasteiger partial charge in [-0.2, -0.15) is 4.31 Å². The van der Waals surface area contributed by atoms with E-state index in [2.05, 4.69) is 0 Å². The lowest BCUT2D eigenvalue weighted by molar-refractivity contribution is -0.146. The van der Waals surface area contributed by atoms with E-state index in [1.807, 2.05) is 19.9 Å². The van der Waals surface area contributed by atoms with Gasteiger partial charge < -0.3 is 5.11 Å². The average molecular weight is 325 g/mol. The van der Waals surface area contributed by atoms with Gasteiger partial charge in [-0.3, -0.25) is 4.79 Å². The molecule has 0 saturated carbocycles. The number of rotatable bonds is 5. The van der Waals surface area contributed by atoms with E-state index in [0.717, 1.165) is 24.0 Å². The number of sulfonamides is 1. The number of carboxylic acid groups (broad SMARTS) is 1. The van der Waals surface area contributed by atoms with Gasteiger partial charge in [-0.15, -0.1) is 0 Å². The van der Waals surface area contributed by atoms with Crippen LogP contribution in [0.5, 0.6) is 0 Å². The van der Waals surface area contributed by atoms with Crippen molar-refractivity contribution in [2.45, 2.75) is 44.9 Å². The molecule has 0 bridgehead atoms. The largest absolute Gasteiger partial charge is 0.481 e. The van der Waals surface area contributed by atoms with Crippen molar-refractivity contribution < 1.29 is 18.3 Å². The summed E-state index contributed by atoms with van der Waals surface area (Å²) >= 11 is 0. The van der Waals surface area contributed by atoms with Gasteiger partial charge in [-0.05, 0) is 49.4 Å². The third kappa shape index (κ3) is 2.90. The number of aryl methyl sites for hydroxylation is 2. The van der Waals surface area contributed by atoms with E-state index < -0.39 is 21.4 Å². The lowest BCUT2D eigenvalue weighted by Crippen LogP contribution is -2.34. The summed E-state index contributed by atoms with van der Waals surface area (Å²) in [6.45, 7) is 5.93.